The highest BCUT2D eigenvalue weighted by molar-refractivity contribution is 5.74. The Kier molecular flexibility index (Phi) is 7.08. The minimum absolute atomic E-state index is 0.0507. The molecule has 0 spiro atoms. The standard InChI is InChI=1S/C19H28N4O2/c1-4-23-11-9-18(15(2)14-23)22(3)19(24)21-10-12-25-17-7-5-16(13-20)6-8-17/h5-8,15,18H,4,9-12,14H2,1-3H3,(H,21,24)/t15-,18-/m1/s1. The number of hydrogen-bond donors (Lipinski definition) is 1. The van der Waals surface area contributed by atoms with Crippen molar-refractivity contribution >= 4 is 6.03 Å². The second-order valence-corrected chi connectivity index (χ2v) is 6.55. The molecule has 0 saturated carbocycles. The lowest BCUT2D eigenvalue weighted by Crippen LogP contribution is -2.53. The zero-order valence-electron chi connectivity index (χ0n) is 15.4. The van der Waals surface area contributed by atoms with Gasteiger partial charge in [-0.2, -0.15) is 5.26 Å². The van der Waals surface area contributed by atoms with Crippen LogP contribution in [0, 0.1) is 17.2 Å². The van der Waals surface area contributed by atoms with E-state index in [1.807, 2.05) is 11.9 Å². The van der Waals surface area contributed by atoms with Gasteiger partial charge in [0, 0.05) is 26.2 Å². The lowest BCUT2D eigenvalue weighted by molar-refractivity contribution is 0.0960. The normalized spacial score (nSPS) is 20.6. The topological polar surface area (TPSA) is 68.6 Å². The van der Waals surface area contributed by atoms with Gasteiger partial charge in [0.25, 0.3) is 0 Å². The SMILES string of the molecule is CCN1CC[C@@H](N(C)C(=O)NCCOc2ccc(C#N)cc2)[C@H](C)C1. The molecule has 1 N–H and O–H groups in total. The van der Waals surface area contributed by atoms with Crippen molar-refractivity contribution in [1.82, 2.24) is 15.1 Å². The fourth-order valence-electron chi connectivity index (χ4n) is 3.31. The van der Waals surface area contributed by atoms with Crippen molar-refractivity contribution < 1.29 is 9.53 Å². The highest BCUT2D eigenvalue weighted by Crippen LogP contribution is 2.21. The van der Waals surface area contributed by atoms with Gasteiger partial charge < -0.3 is 19.9 Å². The predicted molar refractivity (Wildman–Crippen MR) is 97.5 cm³/mol. The number of piperidine rings is 1. The van der Waals surface area contributed by atoms with Crippen LogP contribution in [0.15, 0.2) is 24.3 Å². The van der Waals surface area contributed by atoms with Gasteiger partial charge in [0.1, 0.15) is 12.4 Å². The Bertz CT molecular complexity index is 596. The molecule has 1 aromatic carbocycles. The fraction of sp³-hybridized carbons (Fsp3) is 0.579. The third kappa shape index (κ3) is 5.36. The van der Waals surface area contributed by atoms with Crippen molar-refractivity contribution in [2.45, 2.75) is 26.3 Å². The lowest BCUT2D eigenvalue weighted by Gasteiger charge is -2.40. The summed E-state index contributed by atoms with van der Waals surface area (Å²) in [6, 6.07) is 9.25. The summed E-state index contributed by atoms with van der Waals surface area (Å²) in [7, 11) is 1.87. The van der Waals surface area contributed by atoms with E-state index in [0.717, 1.165) is 26.1 Å². The summed E-state index contributed by atoms with van der Waals surface area (Å²) in [5, 5.41) is 11.7. The van der Waals surface area contributed by atoms with Crippen LogP contribution in [0.5, 0.6) is 5.75 Å². The van der Waals surface area contributed by atoms with Crippen molar-refractivity contribution in [2.75, 3.05) is 39.8 Å². The van der Waals surface area contributed by atoms with Gasteiger partial charge in [-0.1, -0.05) is 13.8 Å². The molecule has 0 aromatic heterocycles. The maximum absolute atomic E-state index is 12.3. The Morgan fingerprint density at radius 1 is 1.44 bits per heavy atom. The zero-order valence-corrected chi connectivity index (χ0v) is 15.4. The molecule has 0 bridgehead atoms. The van der Waals surface area contributed by atoms with Crippen LogP contribution in [-0.4, -0.2) is 61.7 Å². The van der Waals surface area contributed by atoms with Crippen LogP contribution >= 0.6 is 0 Å². The van der Waals surface area contributed by atoms with Gasteiger partial charge in [-0.25, -0.2) is 4.79 Å². The maximum Gasteiger partial charge on any atom is 0.317 e. The van der Waals surface area contributed by atoms with Crippen LogP contribution in [0.25, 0.3) is 0 Å². The van der Waals surface area contributed by atoms with Crippen molar-refractivity contribution in [3.63, 3.8) is 0 Å². The average molecular weight is 344 g/mol. The van der Waals surface area contributed by atoms with Gasteiger partial charge in [-0.05, 0) is 43.1 Å². The first-order chi connectivity index (χ1) is 12.0. The molecule has 0 aliphatic carbocycles. The summed E-state index contributed by atoms with van der Waals surface area (Å²) in [4.78, 5) is 16.6. The highest BCUT2D eigenvalue weighted by atomic mass is 16.5. The molecule has 2 atom stereocenters. The van der Waals surface area contributed by atoms with E-state index < -0.39 is 0 Å². The Hall–Kier alpha value is -2.26. The number of carbonyl (C=O) groups is 1. The molecule has 2 rings (SSSR count). The summed E-state index contributed by atoms with van der Waals surface area (Å²) >= 11 is 0. The average Bonchev–Trinajstić information content (AvgIpc) is 2.64. The first-order valence-electron chi connectivity index (χ1n) is 8.91. The van der Waals surface area contributed by atoms with Gasteiger partial charge in [-0.3, -0.25) is 0 Å². The summed E-state index contributed by atoms with van der Waals surface area (Å²) < 4.78 is 5.58. The molecular formula is C19H28N4O2. The molecular weight excluding hydrogens is 316 g/mol. The number of carbonyl (C=O) groups excluding carboxylic acids is 1. The van der Waals surface area contributed by atoms with Gasteiger partial charge >= 0.3 is 6.03 Å². The Morgan fingerprint density at radius 3 is 2.76 bits per heavy atom. The van der Waals surface area contributed by atoms with E-state index in [1.54, 1.807) is 24.3 Å². The molecule has 1 aliphatic rings. The van der Waals surface area contributed by atoms with E-state index in [4.69, 9.17) is 10.00 Å². The third-order valence-electron chi connectivity index (χ3n) is 4.84. The van der Waals surface area contributed by atoms with E-state index >= 15 is 0 Å². The first kappa shape index (κ1) is 19.1. The molecule has 0 unspecified atom stereocenters. The molecule has 0 radical (unpaired) electrons. The molecule has 6 nitrogen and oxygen atoms in total. The number of ether oxygens (including phenoxy) is 1. The van der Waals surface area contributed by atoms with E-state index in [0.29, 0.717) is 30.4 Å². The molecule has 1 aliphatic heterocycles. The molecule has 1 aromatic rings. The molecule has 136 valence electrons. The van der Waals surface area contributed by atoms with Gasteiger partial charge in [0.2, 0.25) is 0 Å². The predicted octanol–water partition coefficient (Wildman–Crippen LogP) is 2.31. The molecule has 2 amide bonds. The number of likely N-dealkylation sites (tertiary alicyclic amines) is 1. The van der Waals surface area contributed by atoms with Crippen molar-refractivity contribution in [1.29, 1.82) is 5.26 Å². The van der Waals surface area contributed by atoms with Crippen LogP contribution < -0.4 is 10.1 Å². The highest BCUT2D eigenvalue weighted by Gasteiger charge is 2.30. The summed E-state index contributed by atoms with van der Waals surface area (Å²) in [5.74, 6) is 1.17. The second kappa shape index (κ2) is 9.28. The number of nitrogens with one attached hydrogen (secondary N) is 1. The molecule has 1 fully saturated rings. The number of amides is 2. The van der Waals surface area contributed by atoms with Crippen molar-refractivity contribution in [3.05, 3.63) is 29.8 Å². The summed E-state index contributed by atoms with van der Waals surface area (Å²) in [6.45, 7) is 8.40. The molecule has 6 heteroatoms. The van der Waals surface area contributed by atoms with Crippen LogP contribution in [0.1, 0.15) is 25.8 Å². The number of urea groups is 1. The molecule has 25 heavy (non-hydrogen) atoms. The summed E-state index contributed by atoms with van der Waals surface area (Å²) in [6.07, 6.45) is 1.01. The van der Waals surface area contributed by atoms with E-state index in [2.05, 4.69) is 30.1 Å². The monoisotopic (exact) mass is 344 g/mol. The Labute approximate surface area is 150 Å². The lowest BCUT2D eigenvalue weighted by atomic mass is 9.93. The summed E-state index contributed by atoms with van der Waals surface area (Å²) in [5.41, 5.74) is 0.602. The van der Waals surface area contributed by atoms with E-state index in [9.17, 15) is 4.79 Å². The molecule has 1 heterocycles. The largest absolute Gasteiger partial charge is 0.492 e. The van der Waals surface area contributed by atoms with Crippen molar-refractivity contribution in [3.8, 4) is 11.8 Å². The Balaban J connectivity index is 1.71. The number of hydrogen-bond acceptors (Lipinski definition) is 4. The number of benzene rings is 1. The number of nitrogens with zero attached hydrogens (tertiary/aromatic N) is 3. The zero-order chi connectivity index (χ0) is 18.2. The smallest absolute Gasteiger partial charge is 0.317 e. The van der Waals surface area contributed by atoms with Crippen LogP contribution in [0.4, 0.5) is 4.79 Å². The quantitative estimate of drug-likeness (QED) is 0.804. The van der Waals surface area contributed by atoms with Crippen LogP contribution in [0.2, 0.25) is 0 Å². The molecule has 1 saturated heterocycles. The maximum atomic E-state index is 12.3. The minimum atomic E-state index is -0.0507. The first-order valence-corrected chi connectivity index (χ1v) is 8.91. The van der Waals surface area contributed by atoms with Crippen LogP contribution in [-0.2, 0) is 0 Å². The van der Waals surface area contributed by atoms with E-state index in [1.165, 1.54) is 0 Å². The minimum Gasteiger partial charge on any atom is -0.492 e. The number of nitriles is 1. The number of rotatable bonds is 6. The van der Waals surface area contributed by atoms with E-state index in [-0.39, 0.29) is 12.1 Å². The second-order valence-electron chi connectivity index (χ2n) is 6.55. The third-order valence-corrected chi connectivity index (χ3v) is 4.84. The van der Waals surface area contributed by atoms with Crippen LogP contribution in [0.3, 0.4) is 0 Å². The van der Waals surface area contributed by atoms with Crippen molar-refractivity contribution in [2.24, 2.45) is 5.92 Å². The van der Waals surface area contributed by atoms with Gasteiger partial charge in [0.05, 0.1) is 18.2 Å². The van der Waals surface area contributed by atoms with Gasteiger partial charge in [0.15, 0.2) is 0 Å². The Morgan fingerprint density at radius 2 is 2.16 bits per heavy atom. The fourth-order valence-corrected chi connectivity index (χ4v) is 3.31. The van der Waals surface area contributed by atoms with Gasteiger partial charge in [-0.15, -0.1) is 0 Å².